The minimum Gasteiger partial charge on any atom is -0.328 e. The average molecular weight is 316 g/mol. The Kier molecular flexibility index (Phi) is 3.70. The van der Waals surface area contributed by atoms with Crippen LogP contribution < -0.4 is 0 Å². The van der Waals surface area contributed by atoms with Crippen LogP contribution in [-0.2, 0) is 13.0 Å². The molecule has 4 heterocycles. The average Bonchev–Trinajstić information content (AvgIpc) is 3.24. The first kappa shape index (κ1) is 13.9. The van der Waals surface area contributed by atoms with Gasteiger partial charge in [-0.15, -0.1) is 10.2 Å². The van der Waals surface area contributed by atoms with Gasteiger partial charge < -0.3 is 9.47 Å². The SMILES string of the molecule is O=C(c1ccsc1)N1CCC[C@@H]1c1nnc2n1CCCCC2. The summed E-state index contributed by atoms with van der Waals surface area (Å²) >= 11 is 1.57. The number of hydrogen-bond donors (Lipinski definition) is 0. The molecule has 4 rings (SSSR count). The normalized spacial score (nSPS) is 21.6. The van der Waals surface area contributed by atoms with E-state index in [0.29, 0.717) is 0 Å². The molecule has 0 N–H and O–H groups in total. The van der Waals surface area contributed by atoms with Crippen molar-refractivity contribution in [1.82, 2.24) is 19.7 Å². The number of aryl methyl sites for hydroxylation is 1. The summed E-state index contributed by atoms with van der Waals surface area (Å²) < 4.78 is 2.27. The highest BCUT2D eigenvalue weighted by molar-refractivity contribution is 7.08. The van der Waals surface area contributed by atoms with Crippen LogP contribution in [0, 0.1) is 0 Å². The zero-order chi connectivity index (χ0) is 14.9. The molecule has 0 spiro atoms. The molecule has 0 saturated carbocycles. The molecule has 0 unspecified atom stereocenters. The van der Waals surface area contributed by atoms with Crippen LogP contribution in [0.1, 0.15) is 60.2 Å². The highest BCUT2D eigenvalue weighted by Crippen LogP contribution is 2.33. The summed E-state index contributed by atoms with van der Waals surface area (Å²) in [5.74, 6) is 2.23. The molecular weight excluding hydrogens is 296 g/mol. The lowest BCUT2D eigenvalue weighted by Crippen LogP contribution is -2.32. The summed E-state index contributed by atoms with van der Waals surface area (Å²) in [4.78, 5) is 14.7. The lowest BCUT2D eigenvalue weighted by molar-refractivity contribution is 0.0727. The Morgan fingerprint density at radius 1 is 1.18 bits per heavy atom. The van der Waals surface area contributed by atoms with Crippen LogP contribution in [0.15, 0.2) is 16.8 Å². The second-order valence-electron chi connectivity index (χ2n) is 6.11. The van der Waals surface area contributed by atoms with E-state index in [-0.39, 0.29) is 11.9 Å². The van der Waals surface area contributed by atoms with Crippen LogP contribution in [-0.4, -0.2) is 32.1 Å². The molecule has 1 amide bonds. The smallest absolute Gasteiger partial charge is 0.255 e. The van der Waals surface area contributed by atoms with E-state index >= 15 is 0 Å². The van der Waals surface area contributed by atoms with Crippen LogP contribution >= 0.6 is 11.3 Å². The quantitative estimate of drug-likeness (QED) is 0.855. The summed E-state index contributed by atoms with van der Waals surface area (Å²) in [6, 6.07) is 2.00. The van der Waals surface area contributed by atoms with E-state index in [0.717, 1.165) is 49.6 Å². The minimum atomic E-state index is 0.0896. The maximum atomic E-state index is 12.7. The Hall–Kier alpha value is -1.69. The Labute approximate surface area is 134 Å². The van der Waals surface area contributed by atoms with Gasteiger partial charge in [-0.2, -0.15) is 11.3 Å². The van der Waals surface area contributed by atoms with Gasteiger partial charge in [-0.05, 0) is 37.1 Å². The van der Waals surface area contributed by atoms with Crippen molar-refractivity contribution in [2.24, 2.45) is 0 Å². The molecule has 2 aliphatic rings. The molecular formula is C16H20N4OS. The molecule has 5 nitrogen and oxygen atoms in total. The number of nitrogens with zero attached hydrogens (tertiary/aromatic N) is 4. The topological polar surface area (TPSA) is 51.0 Å². The molecule has 22 heavy (non-hydrogen) atoms. The van der Waals surface area contributed by atoms with Crippen molar-refractivity contribution < 1.29 is 4.79 Å². The summed E-state index contributed by atoms with van der Waals surface area (Å²) in [6.07, 6.45) is 6.68. The lowest BCUT2D eigenvalue weighted by Gasteiger charge is -2.24. The number of amides is 1. The molecule has 1 atom stereocenters. The van der Waals surface area contributed by atoms with Gasteiger partial charge in [0.2, 0.25) is 0 Å². The fraction of sp³-hybridized carbons (Fsp3) is 0.562. The van der Waals surface area contributed by atoms with E-state index in [1.54, 1.807) is 11.3 Å². The lowest BCUT2D eigenvalue weighted by atomic mass is 10.2. The second-order valence-corrected chi connectivity index (χ2v) is 6.89. The molecule has 1 saturated heterocycles. The van der Waals surface area contributed by atoms with Crippen LogP contribution in [0.4, 0.5) is 0 Å². The van der Waals surface area contributed by atoms with E-state index in [2.05, 4.69) is 14.8 Å². The first-order valence-electron chi connectivity index (χ1n) is 8.10. The van der Waals surface area contributed by atoms with Crippen molar-refractivity contribution in [2.75, 3.05) is 6.54 Å². The van der Waals surface area contributed by atoms with Gasteiger partial charge in [-0.1, -0.05) is 6.42 Å². The monoisotopic (exact) mass is 316 g/mol. The fourth-order valence-corrected chi connectivity index (χ4v) is 4.21. The second kappa shape index (κ2) is 5.83. The molecule has 0 aromatic carbocycles. The zero-order valence-corrected chi connectivity index (χ0v) is 13.4. The molecule has 1 fully saturated rings. The molecule has 2 aromatic heterocycles. The highest BCUT2D eigenvalue weighted by Gasteiger charge is 2.34. The van der Waals surface area contributed by atoms with Gasteiger partial charge in [0.25, 0.3) is 5.91 Å². The molecule has 0 bridgehead atoms. The molecule has 6 heteroatoms. The van der Waals surface area contributed by atoms with E-state index < -0.39 is 0 Å². The van der Waals surface area contributed by atoms with Crippen LogP contribution in [0.2, 0.25) is 0 Å². The number of aromatic nitrogens is 3. The Bertz CT molecular complexity index is 664. The van der Waals surface area contributed by atoms with Crippen molar-refractivity contribution in [3.8, 4) is 0 Å². The number of carbonyl (C=O) groups excluding carboxylic acids is 1. The fourth-order valence-electron chi connectivity index (χ4n) is 3.58. The van der Waals surface area contributed by atoms with Gasteiger partial charge in [-0.25, -0.2) is 0 Å². The van der Waals surface area contributed by atoms with Crippen molar-refractivity contribution in [3.63, 3.8) is 0 Å². The standard InChI is InChI=1S/C16H20N4OS/c21-16(12-7-10-22-11-12)19-9-4-5-13(19)15-18-17-14-6-2-1-3-8-20(14)15/h7,10-11,13H,1-6,8-9H2/t13-/m1/s1. The minimum absolute atomic E-state index is 0.0896. The van der Waals surface area contributed by atoms with Gasteiger partial charge in [0.05, 0.1) is 11.6 Å². The summed E-state index contributed by atoms with van der Waals surface area (Å²) in [7, 11) is 0. The maximum Gasteiger partial charge on any atom is 0.255 e. The number of likely N-dealkylation sites (tertiary alicyclic amines) is 1. The predicted molar refractivity (Wildman–Crippen MR) is 84.9 cm³/mol. The predicted octanol–water partition coefficient (Wildman–Crippen LogP) is 3.04. The third kappa shape index (κ3) is 2.35. The van der Waals surface area contributed by atoms with Crippen LogP contribution in [0.5, 0.6) is 0 Å². The van der Waals surface area contributed by atoms with Crippen LogP contribution in [0.3, 0.4) is 0 Å². The van der Waals surface area contributed by atoms with E-state index in [1.165, 1.54) is 19.3 Å². The first-order chi connectivity index (χ1) is 10.8. The van der Waals surface area contributed by atoms with Gasteiger partial charge >= 0.3 is 0 Å². The number of rotatable bonds is 2. The molecule has 0 radical (unpaired) electrons. The van der Waals surface area contributed by atoms with Crippen LogP contribution in [0.25, 0.3) is 0 Å². The molecule has 116 valence electrons. The van der Waals surface area contributed by atoms with Crippen molar-refractivity contribution in [2.45, 2.75) is 51.1 Å². The molecule has 2 aromatic rings. The van der Waals surface area contributed by atoms with Crippen molar-refractivity contribution in [1.29, 1.82) is 0 Å². The zero-order valence-electron chi connectivity index (χ0n) is 12.6. The highest BCUT2D eigenvalue weighted by atomic mass is 32.1. The van der Waals surface area contributed by atoms with Gasteiger partial charge in [-0.3, -0.25) is 4.79 Å². The van der Waals surface area contributed by atoms with E-state index in [1.807, 2.05) is 21.7 Å². The van der Waals surface area contributed by atoms with Gasteiger partial charge in [0.15, 0.2) is 5.82 Å². The Balaban J connectivity index is 1.64. The number of hydrogen-bond acceptors (Lipinski definition) is 4. The summed E-state index contributed by atoms with van der Waals surface area (Å²) in [5.41, 5.74) is 0.799. The number of carbonyl (C=O) groups is 1. The Morgan fingerprint density at radius 2 is 2.14 bits per heavy atom. The third-order valence-electron chi connectivity index (χ3n) is 4.72. The van der Waals surface area contributed by atoms with Gasteiger partial charge in [0, 0.05) is 24.9 Å². The largest absolute Gasteiger partial charge is 0.328 e. The van der Waals surface area contributed by atoms with E-state index in [9.17, 15) is 4.79 Å². The summed E-state index contributed by atoms with van der Waals surface area (Å²) in [6.45, 7) is 1.82. The number of thiophene rings is 1. The molecule has 0 aliphatic carbocycles. The molecule has 2 aliphatic heterocycles. The Morgan fingerprint density at radius 3 is 3.00 bits per heavy atom. The maximum absolute atomic E-state index is 12.7. The van der Waals surface area contributed by atoms with Gasteiger partial charge in [0.1, 0.15) is 5.82 Å². The van der Waals surface area contributed by atoms with E-state index in [4.69, 9.17) is 0 Å². The van der Waals surface area contributed by atoms with Crippen molar-refractivity contribution >= 4 is 17.2 Å². The summed E-state index contributed by atoms with van der Waals surface area (Å²) in [5, 5.41) is 12.7. The number of fused-ring (bicyclic) bond motifs is 1. The first-order valence-corrected chi connectivity index (χ1v) is 9.04. The third-order valence-corrected chi connectivity index (χ3v) is 5.40. The van der Waals surface area contributed by atoms with Crippen molar-refractivity contribution in [3.05, 3.63) is 34.0 Å².